The predicted molar refractivity (Wildman–Crippen MR) is 80.2 cm³/mol. The lowest BCUT2D eigenvalue weighted by Crippen LogP contribution is -2.41. The van der Waals surface area contributed by atoms with Gasteiger partial charge in [0, 0.05) is 19.6 Å². The molecule has 124 valence electrons. The third-order valence-corrected chi connectivity index (χ3v) is 5.39. The Morgan fingerprint density at radius 1 is 1.27 bits per heavy atom. The molecule has 0 radical (unpaired) electrons. The fourth-order valence-electron chi connectivity index (χ4n) is 4.58. The summed E-state index contributed by atoms with van der Waals surface area (Å²) in [6.07, 6.45) is 0.568. The first-order valence-corrected chi connectivity index (χ1v) is 8.04. The molecule has 2 heterocycles. The number of rotatable bonds is 1. The van der Waals surface area contributed by atoms with Gasteiger partial charge in [0.05, 0.1) is 12.5 Å². The Morgan fingerprint density at radius 2 is 2.00 bits per heavy atom. The van der Waals surface area contributed by atoms with Crippen LogP contribution in [0.1, 0.15) is 27.2 Å². The molecule has 0 aromatic carbocycles. The van der Waals surface area contributed by atoms with Gasteiger partial charge in [-0.05, 0) is 51.5 Å². The molecule has 22 heavy (non-hydrogen) atoms. The summed E-state index contributed by atoms with van der Waals surface area (Å²) >= 11 is 0. The highest BCUT2D eigenvalue weighted by atomic mass is 16.6. The van der Waals surface area contributed by atoms with Gasteiger partial charge in [0.15, 0.2) is 0 Å². The van der Waals surface area contributed by atoms with E-state index in [-0.39, 0.29) is 23.4 Å². The number of fused-ring (bicyclic) bond motifs is 3. The molecule has 3 fully saturated rings. The van der Waals surface area contributed by atoms with Crippen LogP contribution < -0.4 is 5.32 Å². The van der Waals surface area contributed by atoms with E-state index in [0.717, 1.165) is 13.0 Å². The Kier molecular flexibility index (Phi) is 3.62. The lowest BCUT2D eigenvalue weighted by molar-refractivity contribution is -0.153. The first-order valence-electron chi connectivity index (χ1n) is 8.04. The van der Waals surface area contributed by atoms with Crippen LogP contribution in [-0.4, -0.2) is 55.9 Å². The summed E-state index contributed by atoms with van der Waals surface area (Å²) in [5, 5.41) is 3.34. The molecule has 2 saturated heterocycles. The number of hydrogen-bond acceptors (Lipinski definition) is 5. The first-order chi connectivity index (χ1) is 10.3. The average Bonchev–Trinajstić information content (AvgIpc) is 3.04. The van der Waals surface area contributed by atoms with E-state index >= 15 is 0 Å². The average molecular weight is 310 g/mol. The number of likely N-dealkylation sites (tertiary alicyclic amines) is 1. The van der Waals surface area contributed by atoms with E-state index in [4.69, 9.17) is 9.47 Å². The minimum atomic E-state index is -0.473. The first kappa shape index (κ1) is 15.6. The molecule has 3 rings (SSSR count). The molecule has 2 aliphatic heterocycles. The van der Waals surface area contributed by atoms with Crippen LogP contribution in [0, 0.1) is 23.2 Å². The van der Waals surface area contributed by atoms with Gasteiger partial charge in [-0.3, -0.25) is 4.79 Å². The number of hydrogen-bond donors (Lipinski definition) is 1. The maximum Gasteiger partial charge on any atom is 0.410 e. The second kappa shape index (κ2) is 5.11. The van der Waals surface area contributed by atoms with E-state index in [1.807, 2.05) is 20.8 Å². The zero-order valence-electron chi connectivity index (χ0n) is 13.8. The van der Waals surface area contributed by atoms with Gasteiger partial charge in [-0.15, -0.1) is 0 Å². The topological polar surface area (TPSA) is 67.9 Å². The van der Waals surface area contributed by atoms with E-state index in [1.165, 1.54) is 7.11 Å². The third kappa shape index (κ3) is 2.37. The van der Waals surface area contributed by atoms with E-state index in [0.29, 0.717) is 31.5 Å². The molecular weight excluding hydrogens is 284 g/mol. The fraction of sp³-hybridized carbons (Fsp3) is 0.875. The number of esters is 1. The number of methoxy groups -OCH3 is 1. The summed E-state index contributed by atoms with van der Waals surface area (Å²) in [4.78, 5) is 26.3. The Balaban J connectivity index is 1.71. The second-order valence-corrected chi connectivity index (χ2v) is 7.90. The minimum absolute atomic E-state index is 0.0966. The van der Waals surface area contributed by atoms with E-state index in [9.17, 15) is 9.59 Å². The molecule has 1 amide bonds. The van der Waals surface area contributed by atoms with Gasteiger partial charge < -0.3 is 19.7 Å². The Hall–Kier alpha value is -1.30. The van der Waals surface area contributed by atoms with Crippen molar-refractivity contribution in [2.75, 3.05) is 33.3 Å². The summed E-state index contributed by atoms with van der Waals surface area (Å²) in [5.41, 5.74) is -0.858. The summed E-state index contributed by atoms with van der Waals surface area (Å²) in [6, 6.07) is 0. The van der Waals surface area contributed by atoms with E-state index in [1.54, 1.807) is 4.90 Å². The molecule has 6 heteroatoms. The molecule has 4 unspecified atom stereocenters. The maximum atomic E-state index is 12.3. The molecule has 0 aromatic rings. The van der Waals surface area contributed by atoms with Crippen molar-refractivity contribution in [2.24, 2.45) is 23.2 Å². The number of amides is 1. The molecule has 1 aliphatic carbocycles. The molecule has 6 nitrogen and oxygen atoms in total. The summed E-state index contributed by atoms with van der Waals surface area (Å²) in [6.45, 7) is 8.54. The van der Waals surface area contributed by atoms with Gasteiger partial charge in [-0.2, -0.15) is 0 Å². The van der Waals surface area contributed by atoms with Crippen molar-refractivity contribution in [3.63, 3.8) is 0 Å². The van der Waals surface area contributed by atoms with Gasteiger partial charge >= 0.3 is 12.1 Å². The van der Waals surface area contributed by atoms with Crippen molar-refractivity contribution in [1.82, 2.24) is 10.2 Å². The van der Waals surface area contributed by atoms with Gasteiger partial charge in [0.25, 0.3) is 0 Å². The second-order valence-electron chi connectivity index (χ2n) is 7.90. The Labute approximate surface area is 131 Å². The van der Waals surface area contributed by atoms with E-state index in [2.05, 4.69) is 5.32 Å². The van der Waals surface area contributed by atoms with Gasteiger partial charge in [-0.1, -0.05) is 0 Å². The smallest absolute Gasteiger partial charge is 0.410 e. The third-order valence-electron chi connectivity index (χ3n) is 5.39. The molecule has 0 spiro atoms. The highest BCUT2D eigenvalue weighted by Gasteiger charge is 2.63. The fourth-order valence-corrected chi connectivity index (χ4v) is 4.58. The van der Waals surface area contributed by atoms with Crippen LogP contribution in [0.25, 0.3) is 0 Å². The van der Waals surface area contributed by atoms with Gasteiger partial charge in [0.1, 0.15) is 5.60 Å². The summed E-state index contributed by atoms with van der Waals surface area (Å²) < 4.78 is 10.5. The van der Waals surface area contributed by atoms with Crippen molar-refractivity contribution in [1.29, 1.82) is 0 Å². The normalized spacial score (nSPS) is 36.9. The number of carbonyl (C=O) groups is 2. The molecule has 1 N–H and O–H groups in total. The monoisotopic (exact) mass is 310 g/mol. The molecule has 3 aliphatic rings. The Bertz CT molecular complexity index is 487. The van der Waals surface area contributed by atoms with Crippen LogP contribution in [0.4, 0.5) is 4.79 Å². The lowest BCUT2D eigenvalue weighted by Gasteiger charge is -2.29. The number of ether oxygens (including phenoxy) is 2. The zero-order valence-corrected chi connectivity index (χ0v) is 13.8. The van der Waals surface area contributed by atoms with Gasteiger partial charge in [0.2, 0.25) is 0 Å². The van der Waals surface area contributed by atoms with Crippen molar-refractivity contribution >= 4 is 12.1 Å². The van der Waals surface area contributed by atoms with Gasteiger partial charge in [-0.25, -0.2) is 4.79 Å². The Morgan fingerprint density at radius 3 is 2.64 bits per heavy atom. The molecule has 0 aromatic heterocycles. The number of nitrogens with one attached hydrogen (secondary N) is 1. The van der Waals surface area contributed by atoms with Crippen LogP contribution in [0.3, 0.4) is 0 Å². The SMILES string of the molecule is COC(=O)C12CNCC1C1CN(C(=O)OC(C)(C)C)CC1C2. The largest absolute Gasteiger partial charge is 0.469 e. The van der Waals surface area contributed by atoms with Crippen molar-refractivity contribution < 1.29 is 19.1 Å². The van der Waals surface area contributed by atoms with Crippen molar-refractivity contribution in [3.8, 4) is 0 Å². The van der Waals surface area contributed by atoms with Crippen LogP contribution in [-0.2, 0) is 14.3 Å². The van der Waals surface area contributed by atoms with Crippen LogP contribution in [0.2, 0.25) is 0 Å². The standard InChI is InChI=1S/C16H26N2O4/c1-15(2,3)22-14(20)18-7-10-5-16(13(19)21-4)9-17-6-12(16)11(10)8-18/h10-12,17H,5-9H2,1-4H3. The van der Waals surface area contributed by atoms with Crippen molar-refractivity contribution in [3.05, 3.63) is 0 Å². The summed E-state index contributed by atoms with van der Waals surface area (Å²) in [7, 11) is 1.47. The predicted octanol–water partition coefficient (Wildman–Crippen LogP) is 1.25. The quantitative estimate of drug-likeness (QED) is 0.738. The minimum Gasteiger partial charge on any atom is -0.469 e. The number of carbonyl (C=O) groups excluding carboxylic acids is 2. The molecular formula is C16H26N2O4. The zero-order chi connectivity index (χ0) is 16.1. The van der Waals surface area contributed by atoms with Crippen LogP contribution in [0.15, 0.2) is 0 Å². The highest BCUT2D eigenvalue weighted by Crippen LogP contribution is 2.55. The van der Waals surface area contributed by atoms with E-state index < -0.39 is 5.60 Å². The molecule has 0 bridgehead atoms. The van der Waals surface area contributed by atoms with Crippen LogP contribution in [0.5, 0.6) is 0 Å². The highest BCUT2D eigenvalue weighted by molar-refractivity contribution is 5.79. The molecule has 4 atom stereocenters. The lowest BCUT2D eigenvalue weighted by atomic mass is 9.78. The number of nitrogens with zero attached hydrogens (tertiary/aromatic N) is 1. The summed E-state index contributed by atoms with van der Waals surface area (Å²) in [5.74, 6) is 0.901. The maximum absolute atomic E-state index is 12.3. The van der Waals surface area contributed by atoms with Crippen molar-refractivity contribution in [2.45, 2.75) is 32.8 Å². The van der Waals surface area contributed by atoms with Crippen LogP contribution >= 0.6 is 0 Å². The molecule has 1 saturated carbocycles.